The quantitative estimate of drug-likeness (QED) is 0.685. The summed E-state index contributed by atoms with van der Waals surface area (Å²) in [7, 11) is 1.67. The first-order chi connectivity index (χ1) is 10.8. The molecule has 0 aliphatic heterocycles. The number of nitriles is 1. The van der Waals surface area contributed by atoms with Gasteiger partial charge >= 0.3 is 0 Å². The van der Waals surface area contributed by atoms with Crippen molar-refractivity contribution in [1.82, 2.24) is 0 Å². The maximum Gasteiger partial charge on any atom is 0.119 e. The van der Waals surface area contributed by atoms with Gasteiger partial charge in [0.05, 0.1) is 18.7 Å². The predicted octanol–water partition coefficient (Wildman–Crippen LogP) is 4.90. The second kappa shape index (κ2) is 6.15. The van der Waals surface area contributed by atoms with E-state index in [9.17, 15) is 0 Å². The molecule has 0 heterocycles. The molecule has 3 rings (SSSR count). The number of hydrogen-bond acceptors (Lipinski definition) is 2. The first-order valence-electron chi connectivity index (χ1n) is 7.06. The fraction of sp³-hybridized carbons (Fsp3) is 0.0500. The van der Waals surface area contributed by atoms with Crippen molar-refractivity contribution in [3.05, 3.63) is 78.4 Å². The molecule has 106 valence electrons. The lowest BCUT2D eigenvalue weighted by atomic mass is 9.94. The van der Waals surface area contributed by atoms with Crippen molar-refractivity contribution in [3.8, 4) is 34.1 Å². The van der Waals surface area contributed by atoms with Crippen molar-refractivity contribution in [1.29, 1.82) is 5.26 Å². The highest BCUT2D eigenvalue weighted by molar-refractivity contribution is 5.84. The summed E-state index contributed by atoms with van der Waals surface area (Å²) in [5, 5.41) is 8.94. The molecule has 0 saturated heterocycles. The van der Waals surface area contributed by atoms with Crippen LogP contribution in [0.4, 0.5) is 0 Å². The van der Waals surface area contributed by atoms with Gasteiger partial charge in [-0.15, -0.1) is 0 Å². The van der Waals surface area contributed by atoms with Gasteiger partial charge in [0, 0.05) is 0 Å². The summed E-state index contributed by atoms with van der Waals surface area (Å²) >= 11 is 0. The fourth-order valence-corrected chi connectivity index (χ4v) is 2.48. The highest BCUT2D eigenvalue weighted by Crippen LogP contribution is 2.35. The highest BCUT2D eigenvalue weighted by atomic mass is 16.5. The van der Waals surface area contributed by atoms with Gasteiger partial charge in [-0.2, -0.15) is 5.26 Å². The molecule has 22 heavy (non-hydrogen) atoms. The number of hydrogen-bond donors (Lipinski definition) is 0. The first-order valence-corrected chi connectivity index (χ1v) is 7.06. The predicted molar refractivity (Wildman–Crippen MR) is 88.6 cm³/mol. The SMILES string of the molecule is COc1ccc(-c2ccccc2)c(-c2ccc(C#N)cc2)c1. The Morgan fingerprint density at radius 2 is 1.45 bits per heavy atom. The van der Waals surface area contributed by atoms with Gasteiger partial charge in [-0.25, -0.2) is 0 Å². The zero-order chi connectivity index (χ0) is 15.4. The largest absolute Gasteiger partial charge is 0.497 e. The summed E-state index contributed by atoms with van der Waals surface area (Å²) in [4.78, 5) is 0. The molecule has 0 atom stereocenters. The second-order valence-corrected chi connectivity index (χ2v) is 4.97. The topological polar surface area (TPSA) is 33.0 Å². The van der Waals surface area contributed by atoms with Gasteiger partial charge in [0.1, 0.15) is 5.75 Å². The third-order valence-corrected chi connectivity index (χ3v) is 3.64. The number of methoxy groups -OCH3 is 1. The molecule has 0 aromatic heterocycles. The van der Waals surface area contributed by atoms with E-state index < -0.39 is 0 Å². The summed E-state index contributed by atoms with van der Waals surface area (Å²) in [6, 6.07) is 26.1. The molecule has 0 aliphatic rings. The number of ether oxygens (including phenoxy) is 1. The summed E-state index contributed by atoms with van der Waals surface area (Å²) in [5.41, 5.74) is 5.12. The molecule has 0 aliphatic carbocycles. The molecule has 0 spiro atoms. The third-order valence-electron chi connectivity index (χ3n) is 3.64. The minimum atomic E-state index is 0.660. The smallest absolute Gasteiger partial charge is 0.119 e. The Kier molecular flexibility index (Phi) is 3.89. The zero-order valence-corrected chi connectivity index (χ0v) is 12.3. The second-order valence-electron chi connectivity index (χ2n) is 4.97. The van der Waals surface area contributed by atoms with Crippen molar-refractivity contribution < 1.29 is 4.74 Å². The van der Waals surface area contributed by atoms with Crippen LogP contribution >= 0.6 is 0 Å². The lowest BCUT2D eigenvalue weighted by Crippen LogP contribution is -1.89. The van der Waals surface area contributed by atoms with Crippen LogP contribution in [0.25, 0.3) is 22.3 Å². The Hall–Kier alpha value is -3.05. The molecule has 2 nitrogen and oxygen atoms in total. The number of rotatable bonds is 3. The number of nitrogens with zero attached hydrogens (tertiary/aromatic N) is 1. The molecule has 0 radical (unpaired) electrons. The van der Waals surface area contributed by atoms with Crippen LogP contribution in [0, 0.1) is 11.3 Å². The zero-order valence-electron chi connectivity index (χ0n) is 12.3. The lowest BCUT2D eigenvalue weighted by molar-refractivity contribution is 0.415. The van der Waals surface area contributed by atoms with E-state index in [1.54, 1.807) is 7.11 Å². The Labute approximate surface area is 130 Å². The molecule has 0 saturated carbocycles. The molecular weight excluding hydrogens is 270 g/mol. The van der Waals surface area contributed by atoms with E-state index >= 15 is 0 Å². The van der Waals surface area contributed by atoms with E-state index in [2.05, 4.69) is 24.3 Å². The van der Waals surface area contributed by atoms with E-state index in [0.717, 1.165) is 28.0 Å². The van der Waals surface area contributed by atoms with Gasteiger partial charge in [-0.3, -0.25) is 0 Å². The monoisotopic (exact) mass is 285 g/mol. The molecule has 2 heteroatoms. The minimum absolute atomic E-state index is 0.660. The van der Waals surface area contributed by atoms with Gasteiger partial charge < -0.3 is 4.74 Å². The van der Waals surface area contributed by atoms with Crippen LogP contribution in [-0.2, 0) is 0 Å². The van der Waals surface area contributed by atoms with Gasteiger partial charge in [0.2, 0.25) is 0 Å². The van der Waals surface area contributed by atoms with E-state index in [-0.39, 0.29) is 0 Å². The lowest BCUT2D eigenvalue weighted by Gasteiger charge is -2.12. The van der Waals surface area contributed by atoms with Gasteiger partial charge in [0.15, 0.2) is 0 Å². The standard InChI is InChI=1S/C20H15NO/c1-22-18-11-12-19(16-5-3-2-4-6-16)20(13-18)17-9-7-15(14-21)8-10-17/h2-13H,1H3. The average molecular weight is 285 g/mol. The van der Waals surface area contributed by atoms with Gasteiger partial charge in [-0.05, 0) is 46.5 Å². The Morgan fingerprint density at radius 1 is 0.773 bits per heavy atom. The van der Waals surface area contributed by atoms with Crippen molar-refractivity contribution >= 4 is 0 Å². The normalized spacial score (nSPS) is 10.0. The minimum Gasteiger partial charge on any atom is -0.497 e. The maximum atomic E-state index is 8.94. The summed E-state index contributed by atoms with van der Waals surface area (Å²) in [6.07, 6.45) is 0. The molecule has 0 fully saturated rings. The van der Waals surface area contributed by atoms with Crippen LogP contribution in [0.1, 0.15) is 5.56 Å². The third kappa shape index (κ3) is 2.70. The van der Waals surface area contributed by atoms with Crippen LogP contribution < -0.4 is 4.74 Å². The maximum absolute atomic E-state index is 8.94. The van der Waals surface area contributed by atoms with E-state index in [4.69, 9.17) is 10.00 Å². The Balaban J connectivity index is 2.17. The molecule has 0 amide bonds. The molecule has 0 bridgehead atoms. The summed E-state index contributed by atoms with van der Waals surface area (Å²) < 4.78 is 5.36. The van der Waals surface area contributed by atoms with Crippen molar-refractivity contribution in [2.75, 3.05) is 7.11 Å². The van der Waals surface area contributed by atoms with Crippen LogP contribution in [0.15, 0.2) is 72.8 Å². The summed E-state index contributed by atoms with van der Waals surface area (Å²) in [5.74, 6) is 0.819. The highest BCUT2D eigenvalue weighted by Gasteiger charge is 2.09. The van der Waals surface area contributed by atoms with Crippen molar-refractivity contribution in [2.45, 2.75) is 0 Å². The van der Waals surface area contributed by atoms with Crippen LogP contribution in [-0.4, -0.2) is 7.11 Å². The van der Waals surface area contributed by atoms with E-state index in [0.29, 0.717) is 5.56 Å². The molecular formula is C20H15NO. The molecule has 3 aromatic rings. The van der Waals surface area contributed by atoms with Crippen LogP contribution in [0.3, 0.4) is 0 Å². The Bertz CT molecular complexity index is 815. The fourth-order valence-electron chi connectivity index (χ4n) is 2.48. The van der Waals surface area contributed by atoms with Crippen LogP contribution in [0.2, 0.25) is 0 Å². The molecule has 0 unspecified atom stereocenters. The van der Waals surface area contributed by atoms with Gasteiger partial charge in [0.25, 0.3) is 0 Å². The molecule has 3 aromatic carbocycles. The van der Waals surface area contributed by atoms with Crippen LogP contribution in [0.5, 0.6) is 5.75 Å². The Morgan fingerprint density at radius 3 is 2.09 bits per heavy atom. The average Bonchev–Trinajstić information content (AvgIpc) is 2.62. The van der Waals surface area contributed by atoms with E-state index in [1.807, 2.05) is 54.6 Å². The first kappa shape index (κ1) is 13.9. The number of benzene rings is 3. The molecule has 0 N–H and O–H groups in total. The van der Waals surface area contributed by atoms with E-state index in [1.165, 1.54) is 0 Å². The van der Waals surface area contributed by atoms with Gasteiger partial charge in [-0.1, -0.05) is 48.5 Å². The van der Waals surface area contributed by atoms with Crippen molar-refractivity contribution in [2.24, 2.45) is 0 Å². The van der Waals surface area contributed by atoms with Crippen molar-refractivity contribution in [3.63, 3.8) is 0 Å². The summed E-state index contributed by atoms with van der Waals surface area (Å²) in [6.45, 7) is 0.